The van der Waals surface area contributed by atoms with Crippen molar-refractivity contribution < 1.29 is 42.5 Å². The van der Waals surface area contributed by atoms with E-state index in [4.69, 9.17) is 4.74 Å². The minimum absolute atomic E-state index is 0.00130. The lowest BCUT2D eigenvalue weighted by Gasteiger charge is -2.34. The van der Waals surface area contributed by atoms with Gasteiger partial charge in [0.1, 0.15) is 15.5 Å². The molecular formula is C57H72N4O9S3. The summed E-state index contributed by atoms with van der Waals surface area (Å²) >= 11 is 2.20. The zero-order valence-electron chi connectivity index (χ0n) is 43.8. The van der Waals surface area contributed by atoms with Gasteiger partial charge >= 0.3 is 11.9 Å². The highest BCUT2D eigenvalue weighted by atomic mass is 32.2. The number of aromatic nitrogens is 1. The molecule has 1 aliphatic heterocycles. The number of aromatic carboxylic acids is 2. The van der Waals surface area contributed by atoms with Crippen LogP contribution in [0.5, 0.6) is 5.75 Å². The molecule has 3 aromatic heterocycles. The Kier molecular flexibility index (Phi) is 19.2. The Morgan fingerprint density at radius 1 is 0.753 bits per heavy atom. The smallest absolute Gasteiger partial charge is 0.348 e. The molecule has 2 aliphatic carbocycles. The Morgan fingerprint density at radius 3 is 1.78 bits per heavy atom. The molecule has 16 heteroatoms. The highest BCUT2D eigenvalue weighted by molar-refractivity contribution is 7.89. The molecule has 0 radical (unpaired) electrons. The summed E-state index contributed by atoms with van der Waals surface area (Å²) in [5.41, 5.74) is 0.296. The number of sulfonamides is 1. The average Bonchev–Trinajstić information content (AvgIpc) is 4.12. The largest absolute Gasteiger partial charge is 0.492 e. The third-order valence-electron chi connectivity index (χ3n) is 13.4. The molecule has 1 saturated heterocycles. The van der Waals surface area contributed by atoms with E-state index in [9.17, 15) is 37.8 Å². The number of ether oxygens (including phenoxy) is 1. The lowest BCUT2D eigenvalue weighted by atomic mass is 9.82. The molecule has 0 bridgehead atoms. The molecule has 73 heavy (non-hydrogen) atoms. The molecule has 13 nitrogen and oxygen atoms in total. The second kappa shape index (κ2) is 24.7. The van der Waals surface area contributed by atoms with Crippen molar-refractivity contribution in [3.63, 3.8) is 0 Å². The molecule has 392 valence electrons. The van der Waals surface area contributed by atoms with Crippen LogP contribution in [-0.4, -0.2) is 83.5 Å². The monoisotopic (exact) mass is 1050 g/mol. The Bertz CT molecular complexity index is 2790. The van der Waals surface area contributed by atoms with Crippen LogP contribution in [0.3, 0.4) is 0 Å². The first-order valence-electron chi connectivity index (χ1n) is 25.5. The van der Waals surface area contributed by atoms with Gasteiger partial charge in [-0.2, -0.15) is 4.31 Å². The van der Waals surface area contributed by atoms with Crippen LogP contribution in [0.25, 0.3) is 0 Å². The highest BCUT2D eigenvalue weighted by Crippen LogP contribution is 2.40. The van der Waals surface area contributed by atoms with E-state index >= 15 is 0 Å². The second-order valence-electron chi connectivity index (χ2n) is 21.9. The molecule has 2 saturated carbocycles. The average molecular weight is 1050 g/mol. The normalized spacial score (nSPS) is 20.7. The number of anilines is 2. The van der Waals surface area contributed by atoms with E-state index in [1.807, 2.05) is 60.6 Å². The van der Waals surface area contributed by atoms with Crippen LogP contribution in [0.2, 0.25) is 0 Å². The zero-order valence-corrected chi connectivity index (χ0v) is 46.2. The molecule has 2 N–H and O–H groups in total. The molecule has 4 heterocycles. The zero-order chi connectivity index (χ0) is 53.3. The number of hydrogen-bond donors (Lipinski definition) is 2. The van der Waals surface area contributed by atoms with E-state index in [0.717, 1.165) is 74.0 Å². The minimum atomic E-state index is -3.73. The number of hydrogen-bond acceptors (Lipinski definition) is 10. The summed E-state index contributed by atoms with van der Waals surface area (Å²) < 4.78 is 33.9. The van der Waals surface area contributed by atoms with Gasteiger partial charge in [-0.05, 0) is 154 Å². The SMILES string of the molecule is CC1CCC(C(=O)N(c2cc(C#CC(C)(C)C)sc2C(=O)O)[C@@H](C)CCOc2cccnc2)CC1.CC1CCC(C(=O)N(c2cc(C#CC(C)(C)C)sc2C(=O)O)[C@H]2CCN(S(=O)(=O)c3ccccc3)C2)CC1. The maximum absolute atomic E-state index is 14.1. The Morgan fingerprint density at radius 2 is 1.27 bits per heavy atom. The first kappa shape index (κ1) is 56.8. The van der Waals surface area contributed by atoms with Gasteiger partial charge in [0.25, 0.3) is 0 Å². The summed E-state index contributed by atoms with van der Waals surface area (Å²) in [7, 11) is -3.73. The number of rotatable bonds is 14. The maximum Gasteiger partial charge on any atom is 0.348 e. The number of carboxylic acids is 2. The predicted octanol–water partition coefficient (Wildman–Crippen LogP) is 11.7. The van der Waals surface area contributed by atoms with Gasteiger partial charge in [-0.3, -0.25) is 14.6 Å². The fourth-order valence-electron chi connectivity index (χ4n) is 9.31. The van der Waals surface area contributed by atoms with Gasteiger partial charge in [-0.15, -0.1) is 22.7 Å². The van der Waals surface area contributed by atoms with E-state index < -0.39 is 28.0 Å². The fourth-order valence-corrected chi connectivity index (χ4v) is 12.5. The number of amides is 2. The first-order valence-corrected chi connectivity index (χ1v) is 28.5. The van der Waals surface area contributed by atoms with E-state index in [0.29, 0.717) is 58.2 Å². The summed E-state index contributed by atoms with van der Waals surface area (Å²) in [5, 5.41) is 20.1. The predicted molar refractivity (Wildman–Crippen MR) is 290 cm³/mol. The molecule has 0 spiro atoms. The number of carboxylic acid groups (broad SMARTS) is 2. The van der Waals surface area contributed by atoms with Gasteiger partial charge in [0.15, 0.2) is 0 Å². The minimum Gasteiger partial charge on any atom is -0.492 e. The van der Waals surface area contributed by atoms with Gasteiger partial charge in [0.05, 0.1) is 44.9 Å². The Balaban J connectivity index is 0.000000239. The third-order valence-corrected chi connectivity index (χ3v) is 17.3. The fraction of sp³-hybridized carbons (Fsp3) is 0.526. The number of carbonyl (C=O) groups is 4. The lowest BCUT2D eigenvalue weighted by molar-refractivity contribution is -0.124. The van der Waals surface area contributed by atoms with Crippen LogP contribution < -0.4 is 14.5 Å². The number of nitrogens with zero attached hydrogens (tertiary/aromatic N) is 4. The van der Waals surface area contributed by atoms with Crippen molar-refractivity contribution in [3.8, 4) is 29.4 Å². The second-order valence-corrected chi connectivity index (χ2v) is 25.9. The summed E-state index contributed by atoms with van der Waals surface area (Å²) in [6, 6.07) is 14.7. The molecule has 3 fully saturated rings. The summed E-state index contributed by atoms with van der Waals surface area (Å²) in [4.78, 5) is 61.4. The van der Waals surface area contributed by atoms with Crippen molar-refractivity contribution in [2.75, 3.05) is 29.5 Å². The van der Waals surface area contributed by atoms with Crippen LogP contribution in [0, 0.1) is 58.2 Å². The quantitative estimate of drug-likeness (QED) is 0.116. The summed E-state index contributed by atoms with van der Waals surface area (Å²) in [6.07, 6.45) is 11.4. The molecule has 3 aliphatic rings. The van der Waals surface area contributed by atoms with Crippen LogP contribution in [0.1, 0.15) is 156 Å². The molecule has 2 atom stereocenters. The topological polar surface area (TPSA) is 175 Å². The molecule has 7 rings (SSSR count). The number of benzene rings is 1. The van der Waals surface area contributed by atoms with Crippen molar-refractivity contribution in [3.05, 3.63) is 86.5 Å². The number of carbonyl (C=O) groups excluding carboxylic acids is 2. The summed E-state index contributed by atoms with van der Waals surface area (Å²) in [6.45, 7) is 19.1. The molecule has 1 aromatic carbocycles. The van der Waals surface area contributed by atoms with E-state index in [1.165, 1.54) is 4.31 Å². The van der Waals surface area contributed by atoms with E-state index in [2.05, 4.69) is 42.5 Å². The molecule has 2 amide bonds. The molecule has 0 unspecified atom stereocenters. The van der Waals surface area contributed by atoms with Gasteiger partial charge < -0.3 is 24.7 Å². The van der Waals surface area contributed by atoms with Gasteiger partial charge in [-0.25, -0.2) is 18.0 Å². The van der Waals surface area contributed by atoms with Crippen molar-refractivity contribution in [1.82, 2.24) is 9.29 Å². The van der Waals surface area contributed by atoms with E-state index in [1.54, 1.807) is 64.7 Å². The molecular weight excluding hydrogens is 981 g/mol. The number of pyridine rings is 1. The van der Waals surface area contributed by atoms with Crippen molar-refractivity contribution in [1.29, 1.82) is 0 Å². The number of thiophene rings is 2. The van der Waals surface area contributed by atoms with Crippen molar-refractivity contribution >= 4 is 67.8 Å². The van der Waals surface area contributed by atoms with Crippen LogP contribution in [0.4, 0.5) is 11.4 Å². The molecule has 4 aromatic rings. The van der Waals surface area contributed by atoms with Gasteiger partial charge in [0.2, 0.25) is 21.8 Å². The van der Waals surface area contributed by atoms with Crippen LogP contribution >= 0.6 is 22.7 Å². The van der Waals surface area contributed by atoms with Gasteiger partial charge in [0, 0.05) is 54.4 Å². The van der Waals surface area contributed by atoms with Crippen LogP contribution in [0.15, 0.2) is 71.9 Å². The Hall–Kier alpha value is -5.52. The maximum atomic E-state index is 14.1. The van der Waals surface area contributed by atoms with Crippen molar-refractivity contribution in [2.45, 2.75) is 144 Å². The van der Waals surface area contributed by atoms with Crippen molar-refractivity contribution in [2.24, 2.45) is 34.5 Å². The summed E-state index contributed by atoms with van der Waals surface area (Å²) in [5.74, 6) is 11.8. The van der Waals surface area contributed by atoms with Crippen LogP contribution in [-0.2, 0) is 19.6 Å². The highest BCUT2D eigenvalue weighted by Gasteiger charge is 2.42. The van der Waals surface area contributed by atoms with Gasteiger partial charge in [-0.1, -0.05) is 55.7 Å². The Labute approximate surface area is 440 Å². The first-order chi connectivity index (χ1) is 34.4. The lowest BCUT2D eigenvalue weighted by Crippen LogP contribution is -2.46. The standard InChI is InChI=1S/C29H36N2O5S2.C28H36N2O4S/c1-20-10-12-21(13-11-20)27(32)31(25-18-23(14-16-29(2,3)4)37-26(25)28(33)34)22-15-17-30(19-22)38(35,36)24-8-6-5-7-9-24;1-19-8-10-21(11-9-19)26(31)30(20(2)13-16-34-22-7-6-15-29-18-22)24-17-23(12-14-28(3,4)5)35-25(24)27(32)33/h5-9,18,20-22H,10-13,15,17,19H2,1-4H3,(H,33,34);6-7,15,17-21H,8-11,13,16H2,1-5H3,(H,32,33)/t20?,21?,22-;19?,20-,21?/m00/s1. The third kappa shape index (κ3) is 15.5. The van der Waals surface area contributed by atoms with E-state index in [-0.39, 0.29) is 68.3 Å².